The van der Waals surface area contributed by atoms with E-state index in [4.69, 9.17) is 0 Å². The smallest absolute Gasteiger partial charge is 0.0604 e. The highest BCUT2D eigenvalue weighted by atomic mass is 32.1. The molecule has 0 heterocycles. The number of nitrogens with zero attached hydrogens (tertiary/aromatic N) is 1. The van der Waals surface area contributed by atoms with Gasteiger partial charge in [0.15, 0.2) is 0 Å². The second-order valence-electron chi connectivity index (χ2n) is 4.11. The number of hydrogen-bond acceptors (Lipinski definition) is 2. The van der Waals surface area contributed by atoms with Gasteiger partial charge >= 0.3 is 0 Å². The van der Waals surface area contributed by atoms with Gasteiger partial charge in [0.1, 0.15) is 0 Å². The zero-order valence-electron chi connectivity index (χ0n) is 9.38. The van der Waals surface area contributed by atoms with Crippen LogP contribution in [0.2, 0.25) is 0 Å². The lowest BCUT2D eigenvalue weighted by Gasteiger charge is -2.21. The summed E-state index contributed by atoms with van der Waals surface area (Å²) >= 11 is 4.28. The molecular weight excluding hydrogens is 178 g/mol. The van der Waals surface area contributed by atoms with E-state index in [0.717, 1.165) is 12.4 Å². The predicted molar refractivity (Wildman–Crippen MR) is 64.1 cm³/mol. The molecule has 0 unspecified atom stereocenters. The van der Waals surface area contributed by atoms with E-state index in [1.54, 1.807) is 0 Å². The Morgan fingerprint density at radius 2 is 1.92 bits per heavy atom. The van der Waals surface area contributed by atoms with Crippen molar-refractivity contribution in [2.24, 2.45) is 5.41 Å². The molecule has 78 valence electrons. The topological polar surface area (TPSA) is 3.24 Å². The summed E-state index contributed by atoms with van der Waals surface area (Å²) < 4.78 is 0. The molecule has 0 amide bonds. The second-order valence-corrected chi connectivity index (χ2v) is 4.39. The zero-order valence-corrected chi connectivity index (χ0v) is 10.3. The van der Waals surface area contributed by atoms with Gasteiger partial charge in [-0.25, -0.2) is 0 Å². The van der Waals surface area contributed by atoms with Crippen molar-refractivity contribution in [1.82, 2.24) is 4.90 Å². The first-order valence-corrected chi connectivity index (χ1v) is 5.73. The summed E-state index contributed by atoms with van der Waals surface area (Å²) in [5.41, 5.74) is 0.314. The Kier molecular flexibility index (Phi) is 6.31. The molecule has 0 rings (SSSR count). The quantitative estimate of drug-likeness (QED) is 0.508. The molecule has 0 bridgehead atoms. The molecule has 0 N–H and O–H groups in total. The fourth-order valence-corrected chi connectivity index (χ4v) is 1.14. The third-order valence-corrected chi connectivity index (χ3v) is 2.70. The Labute approximate surface area is 88.6 Å². The van der Waals surface area contributed by atoms with Crippen LogP contribution in [0, 0.1) is 5.41 Å². The molecular formula is C11H23NS. The van der Waals surface area contributed by atoms with Crippen LogP contribution >= 0.6 is 12.6 Å². The highest BCUT2D eigenvalue weighted by Gasteiger charge is 2.09. The van der Waals surface area contributed by atoms with Gasteiger partial charge in [0, 0.05) is 6.54 Å². The number of rotatable bonds is 6. The monoisotopic (exact) mass is 201 g/mol. The average molecular weight is 201 g/mol. The molecule has 0 aliphatic heterocycles. The largest absolute Gasteiger partial charge is 0.369 e. The van der Waals surface area contributed by atoms with E-state index in [9.17, 15) is 0 Å². The summed E-state index contributed by atoms with van der Waals surface area (Å²) in [6, 6.07) is 0. The van der Waals surface area contributed by atoms with Gasteiger partial charge in [0.2, 0.25) is 0 Å². The van der Waals surface area contributed by atoms with Gasteiger partial charge in [-0.1, -0.05) is 33.8 Å². The minimum atomic E-state index is 0.314. The highest BCUT2D eigenvalue weighted by molar-refractivity contribution is 7.80. The molecule has 2 heteroatoms. The van der Waals surface area contributed by atoms with Gasteiger partial charge < -0.3 is 4.90 Å². The van der Waals surface area contributed by atoms with Gasteiger partial charge in [-0.3, -0.25) is 0 Å². The maximum atomic E-state index is 4.28. The molecule has 0 aliphatic rings. The van der Waals surface area contributed by atoms with Crippen molar-refractivity contribution < 1.29 is 0 Å². The molecule has 13 heavy (non-hydrogen) atoms. The van der Waals surface area contributed by atoms with Crippen molar-refractivity contribution >= 4 is 12.6 Å². The van der Waals surface area contributed by atoms with Crippen LogP contribution < -0.4 is 0 Å². The van der Waals surface area contributed by atoms with Crippen molar-refractivity contribution in [2.45, 2.75) is 40.5 Å². The summed E-state index contributed by atoms with van der Waals surface area (Å²) in [6.07, 6.45) is 6.81. The first-order valence-electron chi connectivity index (χ1n) is 5.10. The maximum absolute atomic E-state index is 4.28. The Morgan fingerprint density at radius 3 is 2.31 bits per heavy atom. The predicted octanol–water partition coefficient (Wildman–Crippen LogP) is 3.54. The minimum Gasteiger partial charge on any atom is -0.369 e. The highest BCUT2D eigenvalue weighted by Crippen LogP contribution is 2.21. The summed E-state index contributed by atoms with van der Waals surface area (Å²) in [5, 5.41) is 0. The van der Waals surface area contributed by atoms with E-state index < -0.39 is 0 Å². The Balaban J connectivity index is 4.05. The SMILES string of the molecule is CCCN(/C=C/C(C)(C)CC)CS. The molecule has 0 fully saturated rings. The fraction of sp³-hybridized carbons (Fsp3) is 0.818. The van der Waals surface area contributed by atoms with Crippen LogP contribution in [-0.4, -0.2) is 17.3 Å². The van der Waals surface area contributed by atoms with Gasteiger partial charge in [-0.15, -0.1) is 0 Å². The molecule has 0 aliphatic carbocycles. The number of thiol groups is 1. The van der Waals surface area contributed by atoms with Crippen molar-refractivity contribution in [1.29, 1.82) is 0 Å². The van der Waals surface area contributed by atoms with Crippen LogP contribution in [0.5, 0.6) is 0 Å². The number of hydrogen-bond donors (Lipinski definition) is 1. The molecule has 0 aromatic carbocycles. The average Bonchev–Trinajstić information content (AvgIpc) is 2.12. The summed E-state index contributed by atoms with van der Waals surface area (Å²) in [4.78, 5) is 2.24. The third kappa shape index (κ3) is 6.03. The lowest BCUT2D eigenvalue weighted by Crippen LogP contribution is -2.17. The van der Waals surface area contributed by atoms with Gasteiger partial charge in [-0.05, 0) is 24.5 Å². The summed E-state index contributed by atoms with van der Waals surface area (Å²) in [6.45, 7) is 10.0. The molecule has 0 aromatic rings. The van der Waals surface area contributed by atoms with E-state index in [1.807, 2.05) is 0 Å². The molecule has 0 atom stereocenters. The molecule has 0 saturated heterocycles. The molecule has 0 spiro atoms. The Morgan fingerprint density at radius 1 is 1.31 bits per heavy atom. The maximum Gasteiger partial charge on any atom is 0.0604 e. The Hall–Kier alpha value is -0.110. The number of allylic oxidation sites excluding steroid dienone is 1. The van der Waals surface area contributed by atoms with E-state index in [1.165, 1.54) is 12.8 Å². The fourth-order valence-electron chi connectivity index (χ4n) is 0.905. The second kappa shape index (κ2) is 6.36. The van der Waals surface area contributed by atoms with Crippen molar-refractivity contribution in [2.75, 3.05) is 12.4 Å². The molecule has 0 radical (unpaired) electrons. The van der Waals surface area contributed by atoms with Crippen LogP contribution in [0.4, 0.5) is 0 Å². The summed E-state index contributed by atoms with van der Waals surface area (Å²) in [7, 11) is 0. The first-order chi connectivity index (χ1) is 6.05. The van der Waals surface area contributed by atoms with E-state index in [2.05, 4.69) is 57.5 Å². The van der Waals surface area contributed by atoms with Crippen molar-refractivity contribution in [3.05, 3.63) is 12.3 Å². The van der Waals surface area contributed by atoms with Gasteiger partial charge in [0.25, 0.3) is 0 Å². The summed E-state index contributed by atoms with van der Waals surface area (Å²) in [5.74, 6) is 0.810. The van der Waals surface area contributed by atoms with E-state index in [-0.39, 0.29) is 0 Å². The normalized spacial score (nSPS) is 12.4. The van der Waals surface area contributed by atoms with Crippen molar-refractivity contribution in [3.63, 3.8) is 0 Å². The van der Waals surface area contributed by atoms with Crippen molar-refractivity contribution in [3.8, 4) is 0 Å². The zero-order chi connectivity index (χ0) is 10.3. The van der Waals surface area contributed by atoms with E-state index >= 15 is 0 Å². The van der Waals surface area contributed by atoms with Crippen LogP contribution in [-0.2, 0) is 0 Å². The van der Waals surface area contributed by atoms with Crippen LogP contribution in [0.3, 0.4) is 0 Å². The lowest BCUT2D eigenvalue weighted by atomic mass is 9.90. The minimum absolute atomic E-state index is 0.314. The van der Waals surface area contributed by atoms with Gasteiger partial charge in [0.05, 0.1) is 5.88 Å². The lowest BCUT2D eigenvalue weighted by molar-refractivity contribution is 0.411. The molecule has 0 saturated carbocycles. The molecule has 1 nitrogen and oxygen atoms in total. The van der Waals surface area contributed by atoms with Crippen LogP contribution in [0.25, 0.3) is 0 Å². The Bertz CT molecular complexity index is 152. The first kappa shape index (κ1) is 12.9. The standard InChI is InChI=1S/C11H23NS/c1-5-8-12(10-13)9-7-11(3,4)6-2/h7,9,13H,5-6,8,10H2,1-4H3/b9-7+. The van der Waals surface area contributed by atoms with Crippen LogP contribution in [0.15, 0.2) is 12.3 Å². The van der Waals surface area contributed by atoms with Gasteiger partial charge in [-0.2, -0.15) is 12.6 Å². The van der Waals surface area contributed by atoms with Crippen LogP contribution in [0.1, 0.15) is 40.5 Å². The third-order valence-electron chi connectivity index (χ3n) is 2.34. The molecule has 0 aromatic heterocycles. The van der Waals surface area contributed by atoms with E-state index in [0.29, 0.717) is 5.41 Å².